The number of ether oxygens (including phenoxy) is 1. The van der Waals surface area contributed by atoms with Crippen molar-refractivity contribution in [2.24, 2.45) is 0 Å². The third kappa shape index (κ3) is 8.68. The van der Waals surface area contributed by atoms with Gasteiger partial charge in [-0.05, 0) is 42.8 Å². The molecule has 0 saturated heterocycles. The van der Waals surface area contributed by atoms with Crippen LogP contribution in [0.3, 0.4) is 0 Å². The predicted molar refractivity (Wildman–Crippen MR) is 140 cm³/mol. The normalized spacial score (nSPS) is 11.1. The maximum absolute atomic E-state index is 12.3. The predicted octanol–water partition coefficient (Wildman–Crippen LogP) is 7.31. The second kappa shape index (κ2) is 14.7. The molecule has 34 heavy (non-hydrogen) atoms. The van der Waals surface area contributed by atoms with Crippen LogP contribution in [-0.4, -0.2) is 22.1 Å². The molecule has 0 unspecified atom stereocenters. The van der Waals surface area contributed by atoms with E-state index in [0.717, 1.165) is 29.8 Å². The number of fused-ring (bicyclic) bond motifs is 1. The van der Waals surface area contributed by atoms with Gasteiger partial charge < -0.3 is 14.6 Å². The van der Waals surface area contributed by atoms with Gasteiger partial charge in [-0.3, -0.25) is 4.79 Å². The van der Waals surface area contributed by atoms with Crippen molar-refractivity contribution < 1.29 is 9.53 Å². The highest BCUT2D eigenvalue weighted by Crippen LogP contribution is 2.18. The molecule has 1 amide bonds. The van der Waals surface area contributed by atoms with Gasteiger partial charge in [0.15, 0.2) is 6.61 Å². The van der Waals surface area contributed by atoms with Crippen LogP contribution in [-0.2, 0) is 17.9 Å². The van der Waals surface area contributed by atoms with Crippen LogP contribution in [0.15, 0.2) is 48.5 Å². The summed E-state index contributed by atoms with van der Waals surface area (Å²) in [5.41, 5.74) is 2.09. The number of carbonyl (C=O) groups is 1. The lowest BCUT2D eigenvalue weighted by molar-refractivity contribution is -0.123. The van der Waals surface area contributed by atoms with Gasteiger partial charge in [0.2, 0.25) is 0 Å². The smallest absolute Gasteiger partial charge is 0.258 e. The number of amides is 1. The van der Waals surface area contributed by atoms with Gasteiger partial charge in [-0.25, -0.2) is 4.98 Å². The molecule has 0 saturated carbocycles. The Hall–Kier alpha value is -2.53. The lowest BCUT2D eigenvalue weighted by atomic mass is 10.1. The van der Waals surface area contributed by atoms with Crippen molar-refractivity contribution >= 4 is 28.5 Å². The molecule has 5 nitrogen and oxygen atoms in total. The lowest BCUT2D eigenvalue weighted by Crippen LogP contribution is -2.29. The van der Waals surface area contributed by atoms with Gasteiger partial charge in [-0.2, -0.15) is 0 Å². The standard InChI is InChI=1S/C28H38ClN3O2/c1-2-3-4-5-6-7-8-9-10-13-20-32-26-15-12-11-14-25(26)31-27(32)21-30-28(33)22-34-24-18-16-23(29)17-19-24/h11-12,14-19H,2-10,13,20-22H2,1H3,(H,30,33). The number of carbonyl (C=O) groups excluding carboxylic acids is 1. The van der Waals surface area contributed by atoms with E-state index in [2.05, 4.69) is 22.9 Å². The summed E-state index contributed by atoms with van der Waals surface area (Å²) in [5.74, 6) is 1.33. The average molecular weight is 484 g/mol. The van der Waals surface area contributed by atoms with Crippen molar-refractivity contribution in [3.63, 3.8) is 0 Å². The number of rotatable bonds is 16. The second-order valence-corrected chi connectivity index (χ2v) is 9.31. The molecule has 0 aliphatic carbocycles. The summed E-state index contributed by atoms with van der Waals surface area (Å²) in [6, 6.07) is 15.2. The number of aryl methyl sites for hydroxylation is 1. The zero-order chi connectivity index (χ0) is 24.0. The summed E-state index contributed by atoms with van der Waals surface area (Å²) in [6.07, 6.45) is 13.1. The zero-order valence-electron chi connectivity index (χ0n) is 20.4. The fourth-order valence-electron chi connectivity index (χ4n) is 4.18. The third-order valence-corrected chi connectivity index (χ3v) is 6.35. The van der Waals surface area contributed by atoms with Gasteiger partial charge in [0.25, 0.3) is 5.91 Å². The number of halogens is 1. The minimum Gasteiger partial charge on any atom is -0.484 e. The number of nitrogens with zero attached hydrogens (tertiary/aromatic N) is 2. The number of imidazole rings is 1. The SMILES string of the molecule is CCCCCCCCCCCCn1c(CNC(=O)COc2ccc(Cl)cc2)nc2ccccc21. The molecule has 1 N–H and O–H groups in total. The Labute approximate surface area is 208 Å². The summed E-state index contributed by atoms with van der Waals surface area (Å²) in [5, 5.41) is 3.58. The Morgan fingerprint density at radius 2 is 1.56 bits per heavy atom. The van der Waals surface area contributed by atoms with E-state index in [1.807, 2.05) is 18.2 Å². The molecule has 0 radical (unpaired) electrons. The van der Waals surface area contributed by atoms with Crippen molar-refractivity contribution in [2.45, 2.75) is 84.2 Å². The molecular formula is C28H38ClN3O2. The van der Waals surface area contributed by atoms with Crippen molar-refractivity contribution in [3.05, 3.63) is 59.4 Å². The van der Waals surface area contributed by atoms with Gasteiger partial charge >= 0.3 is 0 Å². The van der Waals surface area contributed by atoms with Gasteiger partial charge in [-0.15, -0.1) is 0 Å². The summed E-state index contributed by atoms with van der Waals surface area (Å²) >= 11 is 5.88. The Kier molecular flexibility index (Phi) is 11.3. The van der Waals surface area contributed by atoms with E-state index in [0.29, 0.717) is 17.3 Å². The minimum atomic E-state index is -0.174. The Bertz CT molecular complexity index is 1000. The van der Waals surface area contributed by atoms with Gasteiger partial charge in [0, 0.05) is 11.6 Å². The largest absolute Gasteiger partial charge is 0.484 e. The quantitative estimate of drug-likeness (QED) is 0.217. The number of nitrogens with one attached hydrogen (secondary N) is 1. The molecule has 0 bridgehead atoms. The topological polar surface area (TPSA) is 56.2 Å². The first kappa shape index (κ1) is 26.1. The summed E-state index contributed by atoms with van der Waals surface area (Å²) in [7, 11) is 0. The summed E-state index contributed by atoms with van der Waals surface area (Å²) in [4.78, 5) is 17.1. The highest BCUT2D eigenvalue weighted by atomic mass is 35.5. The number of benzene rings is 2. The van der Waals surface area contributed by atoms with Crippen LogP contribution >= 0.6 is 11.6 Å². The van der Waals surface area contributed by atoms with E-state index >= 15 is 0 Å². The first-order chi connectivity index (χ1) is 16.7. The molecule has 0 aliphatic heterocycles. The van der Waals surface area contributed by atoms with E-state index < -0.39 is 0 Å². The molecule has 6 heteroatoms. The monoisotopic (exact) mass is 483 g/mol. The van der Waals surface area contributed by atoms with Crippen LogP contribution in [0.25, 0.3) is 11.0 Å². The van der Waals surface area contributed by atoms with Gasteiger partial charge in [0.05, 0.1) is 17.6 Å². The zero-order valence-corrected chi connectivity index (χ0v) is 21.2. The van der Waals surface area contributed by atoms with Crippen molar-refractivity contribution in [3.8, 4) is 5.75 Å². The molecular weight excluding hydrogens is 446 g/mol. The molecule has 0 aliphatic rings. The van der Waals surface area contributed by atoms with Crippen LogP contribution < -0.4 is 10.1 Å². The molecule has 0 spiro atoms. The average Bonchev–Trinajstić information content (AvgIpc) is 3.21. The fourth-order valence-corrected chi connectivity index (χ4v) is 4.30. The Morgan fingerprint density at radius 3 is 2.26 bits per heavy atom. The molecule has 3 aromatic rings. The Morgan fingerprint density at radius 1 is 0.912 bits per heavy atom. The van der Waals surface area contributed by atoms with Crippen LogP contribution in [0.2, 0.25) is 5.02 Å². The molecule has 1 heterocycles. The fraction of sp³-hybridized carbons (Fsp3) is 0.500. The number of hydrogen-bond donors (Lipinski definition) is 1. The first-order valence-electron chi connectivity index (χ1n) is 12.8. The van der Waals surface area contributed by atoms with Crippen molar-refractivity contribution in [2.75, 3.05) is 6.61 Å². The van der Waals surface area contributed by atoms with Crippen molar-refractivity contribution in [1.29, 1.82) is 0 Å². The maximum atomic E-state index is 12.3. The van der Waals surface area contributed by atoms with E-state index in [-0.39, 0.29) is 12.5 Å². The van der Waals surface area contributed by atoms with Gasteiger partial charge in [-0.1, -0.05) is 88.4 Å². The number of para-hydroxylation sites is 2. The molecule has 1 aromatic heterocycles. The van der Waals surface area contributed by atoms with Crippen LogP contribution in [0.1, 0.15) is 77.0 Å². The molecule has 184 valence electrons. The lowest BCUT2D eigenvalue weighted by Gasteiger charge is -2.11. The Balaban J connectivity index is 1.43. The number of unbranched alkanes of at least 4 members (excludes halogenated alkanes) is 9. The molecule has 0 atom stereocenters. The first-order valence-corrected chi connectivity index (χ1v) is 13.1. The number of aromatic nitrogens is 2. The second-order valence-electron chi connectivity index (χ2n) is 8.87. The molecule has 2 aromatic carbocycles. The summed E-state index contributed by atoms with van der Waals surface area (Å²) < 4.78 is 7.79. The van der Waals surface area contributed by atoms with E-state index in [4.69, 9.17) is 21.3 Å². The molecule has 3 rings (SSSR count). The third-order valence-electron chi connectivity index (χ3n) is 6.10. The molecule has 0 fully saturated rings. The highest BCUT2D eigenvalue weighted by molar-refractivity contribution is 6.30. The van der Waals surface area contributed by atoms with Crippen LogP contribution in [0.4, 0.5) is 0 Å². The van der Waals surface area contributed by atoms with Crippen LogP contribution in [0, 0.1) is 0 Å². The van der Waals surface area contributed by atoms with E-state index in [9.17, 15) is 4.79 Å². The summed E-state index contributed by atoms with van der Waals surface area (Å²) in [6.45, 7) is 3.53. The minimum absolute atomic E-state index is 0.0414. The van der Waals surface area contributed by atoms with E-state index in [1.165, 1.54) is 57.8 Å². The van der Waals surface area contributed by atoms with Gasteiger partial charge in [0.1, 0.15) is 11.6 Å². The maximum Gasteiger partial charge on any atom is 0.258 e. The van der Waals surface area contributed by atoms with E-state index in [1.54, 1.807) is 24.3 Å². The van der Waals surface area contributed by atoms with Crippen LogP contribution in [0.5, 0.6) is 5.75 Å². The highest BCUT2D eigenvalue weighted by Gasteiger charge is 2.12. The number of hydrogen-bond acceptors (Lipinski definition) is 3. The van der Waals surface area contributed by atoms with Crippen molar-refractivity contribution in [1.82, 2.24) is 14.9 Å².